The third kappa shape index (κ3) is 5.61. The van der Waals surface area contributed by atoms with E-state index in [0.717, 1.165) is 22.3 Å². The van der Waals surface area contributed by atoms with E-state index >= 15 is 0 Å². The highest BCUT2D eigenvalue weighted by Gasteiger charge is 2.29. The van der Waals surface area contributed by atoms with E-state index in [4.69, 9.17) is 0 Å². The monoisotopic (exact) mass is 484 g/mol. The summed E-state index contributed by atoms with van der Waals surface area (Å²) in [7, 11) is -3.98. The van der Waals surface area contributed by atoms with Crippen LogP contribution >= 0.6 is 0 Å². The van der Waals surface area contributed by atoms with Crippen LogP contribution in [0.3, 0.4) is 0 Å². The van der Waals surface area contributed by atoms with Gasteiger partial charge in [-0.05, 0) is 48.7 Å². The van der Waals surface area contributed by atoms with Crippen molar-refractivity contribution < 1.29 is 13.2 Å². The number of nitrogens with one attached hydrogen (secondary N) is 1. The minimum atomic E-state index is -3.98. The fourth-order valence-electron chi connectivity index (χ4n) is 3.97. The van der Waals surface area contributed by atoms with Crippen LogP contribution < -0.4 is 9.62 Å². The van der Waals surface area contributed by atoms with E-state index in [1.807, 2.05) is 86.6 Å². The van der Waals surface area contributed by atoms with Crippen molar-refractivity contribution in [3.05, 3.63) is 131 Å². The maximum atomic E-state index is 13.7. The minimum Gasteiger partial charge on any atom is -0.344 e. The molecule has 1 N–H and O–H groups in total. The van der Waals surface area contributed by atoms with Crippen molar-refractivity contribution in [2.75, 3.05) is 10.8 Å². The smallest absolute Gasteiger partial charge is 0.264 e. The predicted molar refractivity (Wildman–Crippen MR) is 140 cm³/mol. The lowest BCUT2D eigenvalue weighted by molar-refractivity contribution is -0.120. The van der Waals surface area contributed by atoms with Gasteiger partial charge in [0.25, 0.3) is 10.0 Å². The Morgan fingerprint density at radius 2 is 1.26 bits per heavy atom. The first-order valence-corrected chi connectivity index (χ1v) is 12.8. The largest absolute Gasteiger partial charge is 0.344 e. The van der Waals surface area contributed by atoms with Crippen molar-refractivity contribution in [1.29, 1.82) is 0 Å². The van der Waals surface area contributed by atoms with Gasteiger partial charge in [-0.15, -0.1) is 0 Å². The second kappa shape index (κ2) is 10.6. The number of carbonyl (C=O) groups is 1. The molecule has 4 aromatic carbocycles. The molecule has 0 saturated heterocycles. The number of sulfonamides is 1. The summed E-state index contributed by atoms with van der Waals surface area (Å²) in [5, 5.41) is 3.06. The molecule has 4 rings (SSSR count). The number of anilines is 1. The van der Waals surface area contributed by atoms with Gasteiger partial charge in [-0.25, -0.2) is 8.42 Å². The average molecular weight is 485 g/mol. The Labute approximate surface area is 207 Å². The van der Waals surface area contributed by atoms with Gasteiger partial charge in [0, 0.05) is 0 Å². The molecule has 0 fully saturated rings. The summed E-state index contributed by atoms with van der Waals surface area (Å²) in [5.74, 6) is -0.401. The topological polar surface area (TPSA) is 66.5 Å². The second-order valence-electron chi connectivity index (χ2n) is 8.43. The maximum Gasteiger partial charge on any atom is 0.264 e. The summed E-state index contributed by atoms with van der Waals surface area (Å²) < 4.78 is 28.6. The third-order valence-corrected chi connectivity index (χ3v) is 7.63. The van der Waals surface area contributed by atoms with E-state index in [1.54, 1.807) is 36.4 Å². The van der Waals surface area contributed by atoms with Crippen LogP contribution in [0.4, 0.5) is 5.69 Å². The number of hydrogen-bond acceptors (Lipinski definition) is 3. The lowest BCUT2D eigenvalue weighted by Gasteiger charge is -2.27. The quantitative estimate of drug-likeness (QED) is 0.364. The van der Waals surface area contributed by atoms with Gasteiger partial charge in [0.1, 0.15) is 6.54 Å². The van der Waals surface area contributed by atoms with E-state index in [2.05, 4.69) is 5.32 Å². The standard InChI is InChI=1S/C29H28N2O3S/c1-22-17-19-26(20-18-22)35(33,34)31(27-16-10-9-11-23(27)2)21-28(32)30-29(24-12-5-3-6-13-24)25-14-7-4-8-15-25/h3-20,29H,21H2,1-2H3,(H,30,32). The molecule has 5 nitrogen and oxygen atoms in total. The van der Waals surface area contributed by atoms with E-state index < -0.39 is 22.0 Å². The van der Waals surface area contributed by atoms with Gasteiger partial charge in [-0.3, -0.25) is 9.10 Å². The maximum absolute atomic E-state index is 13.7. The first-order valence-electron chi connectivity index (χ1n) is 11.4. The summed E-state index contributed by atoms with van der Waals surface area (Å²) in [4.78, 5) is 13.6. The highest BCUT2D eigenvalue weighted by molar-refractivity contribution is 7.92. The van der Waals surface area contributed by atoms with Crippen molar-refractivity contribution in [1.82, 2.24) is 5.32 Å². The molecular formula is C29H28N2O3S. The molecule has 1 amide bonds. The lowest BCUT2D eigenvalue weighted by atomic mass is 9.99. The van der Waals surface area contributed by atoms with Crippen LogP contribution in [0.5, 0.6) is 0 Å². The predicted octanol–water partition coefficient (Wildman–Crippen LogP) is 5.40. The molecule has 0 aliphatic heterocycles. The molecule has 0 radical (unpaired) electrons. The Kier molecular flexibility index (Phi) is 7.32. The number of hydrogen-bond donors (Lipinski definition) is 1. The van der Waals surface area contributed by atoms with E-state index in [9.17, 15) is 13.2 Å². The summed E-state index contributed by atoms with van der Waals surface area (Å²) in [6.45, 7) is 3.38. The molecule has 0 unspecified atom stereocenters. The highest BCUT2D eigenvalue weighted by Crippen LogP contribution is 2.27. The van der Waals surface area contributed by atoms with Gasteiger partial charge < -0.3 is 5.32 Å². The summed E-state index contributed by atoms with van der Waals surface area (Å²) in [6.07, 6.45) is 0. The first-order chi connectivity index (χ1) is 16.9. The van der Waals surface area contributed by atoms with Crippen LogP contribution in [0, 0.1) is 13.8 Å². The fourth-order valence-corrected chi connectivity index (χ4v) is 5.45. The van der Waals surface area contributed by atoms with Gasteiger partial charge in [0.05, 0.1) is 16.6 Å². The number of amides is 1. The second-order valence-corrected chi connectivity index (χ2v) is 10.3. The molecule has 0 heterocycles. The van der Waals surface area contributed by atoms with Gasteiger partial charge in [0.2, 0.25) is 5.91 Å². The van der Waals surface area contributed by atoms with Crippen LogP contribution in [0.2, 0.25) is 0 Å². The summed E-state index contributed by atoms with van der Waals surface area (Å²) >= 11 is 0. The Bertz CT molecular complexity index is 1350. The molecule has 0 saturated carbocycles. The number of rotatable bonds is 8. The molecule has 0 aliphatic carbocycles. The van der Waals surface area contributed by atoms with Crippen LogP contribution in [-0.2, 0) is 14.8 Å². The molecule has 35 heavy (non-hydrogen) atoms. The van der Waals surface area contributed by atoms with Crippen molar-refractivity contribution in [3.63, 3.8) is 0 Å². The van der Waals surface area contributed by atoms with Crippen molar-refractivity contribution in [3.8, 4) is 0 Å². The summed E-state index contributed by atoms with van der Waals surface area (Å²) in [5.41, 5.74) is 4.02. The number of para-hydroxylation sites is 1. The molecule has 6 heteroatoms. The van der Waals surface area contributed by atoms with Gasteiger partial charge in [-0.1, -0.05) is 96.6 Å². The van der Waals surface area contributed by atoms with Crippen LogP contribution in [0.1, 0.15) is 28.3 Å². The van der Waals surface area contributed by atoms with Crippen molar-refractivity contribution >= 4 is 21.6 Å². The number of carbonyl (C=O) groups excluding carboxylic acids is 1. The van der Waals surface area contributed by atoms with Crippen LogP contribution in [-0.4, -0.2) is 20.9 Å². The lowest BCUT2D eigenvalue weighted by Crippen LogP contribution is -2.42. The van der Waals surface area contributed by atoms with E-state index in [1.165, 1.54) is 4.31 Å². The Hall–Kier alpha value is -3.90. The third-order valence-electron chi connectivity index (χ3n) is 5.85. The number of nitrogens with zero attached hydrogens (tertiary/aromatic N) is 1. The van der Waals surface area contributed by atoms with E-state index in [-0.39, 0.29) is 11.4 Å². The molecule has 0 aromatic heterocycles. The SMILES string of the molecule is Cc1ccc(S(=O)(=O)N(CC(=O)NC(c2ccccc2)c2ccccc2)c2ccccc2C)cc1. The fraction of sp³-hybridized carbons (Fsp3) is 0.138. The molecule has 178 valence electrons. The molecule has 4 aromatic rings. The molecule has 0 aliphatic rings. The van der Waals surface area contributed by atoms with Crippen molar-refractivity contribution in [2.24, 2.45) is 0 Å². The molecule has 0 spiro atoms. The van der Waals surface area contributed by atoms with Crippen LogP contribution in [0.25, 0.3) is 0 Å². The Morgan fingerprint density at radius 3 is 1.80 bits per heavy atom. The molecular weight excluding hydrogens is 456 g/mol. The van der Waals surface area contributed by atoms with Crippen molar-refractivity contribution in [2.45, 2.75) is 24.8 Å². The zero-order valence-electron chi connectivity index (χ0n) is 19.8. The van der Waals surface area contributed by atoms with Crippen LogP contribution in [0.15, 0.2) is 114 Å². The zero-order chi connectivity index (χ0) is 24.8. The Morgan fingerprint density at radius 1 is 0.743 bits per heavy atom. The zero-order valence-corrected chi connectivity index (χ0v) is 20.6. The molecule has 0 bridgehead atoms. The number of aryl methyl sites for hydroxylation is 2. The van der Waals surface area contributed by atoms with Gasteiger partial charge in [0.15, 0.2) is 0 Å². The minimum absolute atomic E-state index is 0.141. The van der Waals surface area contributed by atoms with E-state index in [0.29, 0.717) is 5.69 Å². The number of benzene rings is 4. The van der Waals surface area contributed by atoms with Gasteiger partial charge in [-0.2, -0.15) is 0 Å². The summed E-state index contributed by atoms with van der Waals surface area (Å²) in [6, 6.07) is 32.7. The highest BCUT2D eigenvalue weighted by atomic mass is 32.2. The Balaban J connectivity index is 1.69. The normalized spacial score (nSPS) is 11.3. The average Bonchev–Trinajstić information content (AvgIpc) is 2.87. The first kappa shape index (κ1) is 24.2. The van der Waals surface area contributed by atoms with Gasteiger partial charge >= 0.3 is 0 Å². The molecule has 0 atom stereocenters.